The lowest BCUT2D eigenvalue weighted by Gasteiger charge is -2.41. The molecule has 0 aromatic carbocycles. The summed E-state index contributed by atoms with van der Waals surface area (Å²) in [5.74, 6) is 0.443. The van der Waals surface area contributed by atoms with Gasteiger partial charge < -0.3 is 24.8 Å². The third-order valence-corrected chi connectivity index (χ3v) is 6.68. The number of rotatable bonds is 3. The molecule has 5 heterocycles. The van der Waals surface area contributed by atoms with Crippen molar-refractivity contribution in [2.24, 2.45) is 0 Å². The van der Waals surface area contributed by atoms with E-state index in [1.807, 2.05) is 33.8 Å². The highest BCUT2D eigenvalue weighted by molar-refractivity contribution is 5.78. The minimum atomic E-state index is -1.16. The lowest BCUT2D eigenvalue weighted by molar-refractivity contribution is -0.160. The van der Waals surface area contributed by atoms with Crippen molar-refractivity contribution in [3.63, 3.8) is 0 Å². The van der Waals surface area contributed by atoms with Crippen molar-refractivity contribution in [3.05, 3.63) is 29.5 Å². The van der Waals surface area contributed by atoms with Gasteiger partial charge in [-0.3, -0.25) is 0 Å². The molecule has 2 aromatic heterocycles. The van der Waals surface area contributed by atoms with Gasteiger partial charge in [-0.15, -0.1) is 5.10 Å². The highest BCUT2D eigenvalue weighted by atomic mass is 16.5. The van der Waals surface area contributed by atoms with Crippen LogP contribution < -0.4 is 10.2 Å². The molecule has 4 bridgehead atoms. The Balaban J connectivity index is 1.82. The molecule has 192 valence electrons. The molecule has 1 atom stereocenters. The van der Waals surface area contributed by atoms with Gasteiger partial charge in [0.1, 0.15) is 5.82 Å². The number of piperidine rings is 1. The number of hydrogen-bond acceptors (Lipinski definition) is 7. The van der Waals surface area contributed by atoms with Crippen molar-refractivity contribution in [1.82, 2.24) is 14.6 Å². The Labute approximate surface area is 207 Å². The van der Waals surface area contributed by atoms with Crippen LogP contribution in [0.5, 0.6) is 0 Å². The standard InChI is InChI=1S/C26H39N5O4/c1-18-21(22(24(32)33)35-25(2,3)4)23-30-14-11-26(5,12-15-30)34-16-10-8-6-7-9-13-27-19-17-20(28-18)31(23)29-19/h8,10,17,22H,6-7,9,11-16H2,1-5H3,(H,27,29)(H,32,33)/b10-8+/t22-/m0/s1. The van der Waals surface area contributed by atoms with E-state index in [0.29, 0.717) is 23.5 Å². The molecule has 2 N–H and O–H groups in total. The Bertz CT molecular complexity index is 1080. The number of aryl methyl sites for hydroxylation is 1. The number of allylic oxidation sites excluding steroid dienone is 1. The predicted molar refractivity (Wildman–Crippen MR) is 136 cm³/mol. The molecule has 0 aliphatic carbocycles. The minimum absolute atomic E-state index is 0.221. The number of ether oxygens (including phenoxy) is 2. The Morgan fingerprint density at radius 1 is 1.26 bits per heavy atom. The smallest absolute Gasteiger partial charge is 0.337 e. The van der Waals surface area contributed by atoms with Gasteiger partial charge in [0.05, 0.1) is 23.4 Å². The van der Waals surface area contributed by atoms with Crippen molar-refractivity contribution in [2.75, 3.05) is 36.5 Å². The molecule has 1 fully saturated rings. The summed E-state index contributed by atoms with van der Waals surface area (Å²) in [6, 6.07) is 1.93. The fraction of sp³-hybridized carbons (Fsp3) is 0.654. The van der Waals surface area contributed by atoms with E-state index in [4.69, 9.17) is 19.6 Å². The molecule has 3 aliphatic rings. The topological polar surface area (TPSA) is 101 Å². The van der Waals surface area contributed by atoms with Crippen LogP contribution in [0.25, 0.3) is 5.65 Å². The van der Waals surface area contributed by atoms with Crippen molar-refractivity contribution < 1.29 is 19.4 Å². The van der Waals surface area contributed by atoms with Crippen LogP contribution in [0.4, 0.5) is 11.6 Å². The lowest BCUT2D eigenvalue weighted by Crippen LogP contribution is -2.45. The molecular weight excluding hydrogens is 446 g/mol. The molecule has 5 rings (SSSR count). The molecule has 2 aromatic rings. The van der Waals surface area contributed by atoms with Gasteiger partial charge in [0, 0.05) is 31.4 Å². The van der Waals surface area contributed by atoms with E-state index in [9.17, 15) is 9.90 Å². The molecule has 0 spiro atoms. The lowest BCUT2D eigenvalue weighted by atomic mass is 9.92. The summed E-state index contributed by atoms with van der Waals surface area (Å²) in [6.07, 6.45) is 7.95. The fourth-order valence-corrected chi connectivity index (χ4v) is 4.77. The summed E-state index contributed by atoms with van der Waals surface area (Å²) in [4.78, 5) is 19.4. The first kappa shape index (κ1) is 25.4. The molecule has 0 saturated carbocycles. The van der Waals surface area contributed by atoms with Gasteiger partial charge in [-0.25, -0.2) is 9.78 Å². The molecular formula is C26H39N5O4. The Kier molecular flexibility index (Phi) is 7.38. The van der Waals surface area contributed by atoms with Gasteiger partial charge >= 0.3 is 5.97 Å². The van der Waals surface area contributed by atoms with Gasteiger partial charge in [0.15, 0.2) is 17.6 Å². The first-order valence-corrected chi connectivity index (χ1v) is 12.6. The number of hydrogen-bond donors (Lipinski definition) is 2. The normalized spacial score (nSPS) is 21.0. The summed E-state index contributed by atoms with van der Waals surface area (Å²) in [7, 11) is 0. The van der Waals surface area contributed by atoms with Crippen LogP contribution in [0.3, 0.4) is 0 Å². The maximum atomic E-state index is 12.5. The van der Waals surface area contributed by atoms with E-state index in [1.165, 1.54) is 0 Å². The number of aromatic nitrogens is 3. The van der Waals surface area contributed by atoms with Crippen LogP contribution in [-0.4, -0.2) is 63.1 Å². The average Bonchev–Trinajstić information content (AvgIpc) is 3.17. The molecule has 1 saturated heterocycles. The maximum absolute atomic E-state index is 12.5. The van der Waals surface area contributed by atoms with Crippen LogP contribution in [0, 0.1) is 6.92 Å². The number of carbonyl (C=O) groups is 1. The first-order chi connectivity index (χ1) is 16.6. The quantitative estimate of drug-likeness (QED) is 0.613. The number of nitrogens with zero attached hydrogens (tertiary/aromatic N) is 4. The number of fused-ring (bicyclic) bond motifs is 9. The zero-order valence-electron chi connectivity index (χ0n) is 21.6. The number of anilines is 2. The molecule has 9 heteroatoms. The van der Waals surface area contributed by atoms with E-state index in [0.717, 1.165) is 63.4 Å². The monoisotopic (exact) mass is 485 g/mol. The highest BCUT2D eigenvalue weighted by Gasteiger charge is 2.37. The van der Waals surface area contributed by atoms with Gasteiger partial charge in [-0.2, -0.15) is 4.52 Å². The van der Waals surface area contributed by atoms with Crippen molar-refractivity contribution >= 4 is 23.3 Å². The number of aliphatic carboxylic acids is 1. The SMILES string of the molecule is Cc1nc2cc3nn2c(c1[C@H](OC(C)(C)C)C(=O)O)N1CCC(C)(CC1)OC/C=C/CCCCN3. The van der Waals surface area contributed by atoms with E-state index < -0.39 is 17.7 Å². The largest absolute Gasteiger partial charge is 0.479 e. The molecule has 0 radical (unpaired) electrons. The summed E-state index contributed by atoms with van der Waals surface area (Å²) in [5, 5.41) is 18.4. The second-order valence-corrected chi connectivity index (χ2v) is 10.8. The van der Waals surface area contributed by atoms with E-state index >= 15 is 0 Å². The summed E-state index contributed by atoms with van der Waals surface area (Å²) in [5.41, 5.74) is 1.02. The fourth-order valence-electron chi connectivity index (χ4n) is 4.77. The van der Waals surface area contributed by atoms with Crippen LogP contribution in [0.15, 0.2) is 18.2 Å². The van der Waals surface area contributed by atoms with Crippen LogP contribution >= 0.6 is 0 Å². The molecule has 0 unspecified atom stereocenters. The zero-order valence-corrected chi connectivity index (χ0v) is 21.6. The Hall–Kier alpha value is -2.65. The second kappa shape index (κ2) is 10.1. The highest BCUT2D eigenvalue weighted by Crippen LogP contribution is 2.38. The summed E-state index contributed by atoms with van der Waals surface area (Å²) >= 11 is 0. The van der Waals surface area contributed by atoms with Crippen molar-refractivity contribution in [1.29, 1.82) is 0 Å². The van der Waals surface area contributed by atoms with Gasteiger partial charge in [-0.05, 0) is 66.7 Å². The van der Waals surface area contributed by atoms with Crippen molar-refractivity contribution in [2.45, 2.75) is 84.0 Å². The number of carboxylic acid groups (broad SMARTS) is 1. The van der Waals surface area contributed by atoms with Crippen molar-refractivity contribution in [3.8, 4) is 0 Å². The average molecular weight is 486 g/mol. The van der Waals surface area contributed by atoms with Gasteiger partial charge in [0.25, 0.3) is 0 Å². The van der Waals surface area contributed by atoms with Gasteiger partial charge in [0.2, 0.25) is 0 Å². The molecule has 3 aliphatic heterocycles. The molecule has 35 heavy (non-hydrogen) atoms. The first-order valence-electron chi connectivity index (χ1n) is 12.6. The number of nitrogens with one attached hydrogen (secondary N) is 1. The third kappa shape index (κ3) is 5.95. The van der Waals surface area contributed by atoms with Crippen LogP contribution in [-0.2, 0) is 14.3 Å². The van der Waals surface area contributed by atoms with E-state index in [-0.39, 0.29) is 5.60 Å². The Morgan fingerprint density at radius 3 is 2.69 bits per heavy atom. The van der Waals surface area contributed by atoms with Gasteiger partial charge in [-0.1, -0.05) is 12.2 Å². The summed E-state index contributed by atoms with van der Waals surface area (Å²) < 4.78 is 14.1. The molecule has 0 amide bonds. The van der Waals surface area contributed by atoms with E-state index in [1.54, 1.807) is 4.52 Å². The zero-order chi connectivity index (χ0) is 25.2. The summed E-state index contributed by atoms with van der Waals surface area (Å²) in [6.45, 7) is 12.5. The number of carboxylic acids is 1. The maximum Gasteiger partial charge on any atom is 0.337 e. The third-order valence-electron chi connectivity index (χ3n) is 6.68. The molecule has 9 nitrogen and oxygen atoms in total. The van der Waals surface area contributed by atoms with Crippen LogP contribution in [0.1, 0.15) is 77.2 Å². The predicted octanol–water partition coefficient (Wildman–Crippen LogP) is 4.51. The van der Waals surface area contributed by atoms with E-state index in [2.05, 4.69) is 29.3 Å². The van der Waals surface area contributed by atoms with Crippen LogP contribution in [0.2, 0.25) is 0 Å². The second-order valence-electron chi connectivity index (χ2n) is 10.8. The minimum Gasteiger partial charge on any atom is -0.479 e. The Morgan fingerprint density at radius 2 is 2.00 bits per heavy atom.